The van der Waals surface area contributed by atoms with Gasteiger partial charge in [-0.1, -0.05) is 0 Å². The van der Waals surface area contributed by atoms with Gasteiger partial charge in [0.05, 0.1) is 0 Å². The van der Waals surface area contributed by atoms with E-state index in [4.69, 9.17) is 0 Å². The van der Waals surface area contributed by atoms with Gasteiger partial charge in [0, 0.05) is 0 Å². The van der Waals surface area contributed by atoms with Crippen LogP contribution in [0.25, 0.3) is 0 Å². The molecule has 10 rings (SSSR count). The zero-order valence-electron chi connectivity index (χ0n) is 12.1. The van der Waals surface area contributed by atoms with Crippen LogP contribution in [-0.2, 0) is 7.72 Å². The van der Waals surface area contributed by atoms with Crippen LogP contribution in [0.5, 0.6) is 0 Å². The van der Waals surface area contributed by atoms with E-state index in [1.165, 1.54) is 53.5 Å². The van der Waals surface area contributed by atoms with Gasteiger partial charge >= 0.3 is 103 Å². The number of rotatable bonds is 5. The molecule has 10 aliphatic heterocycles. The molecule has 106 valence electrons. The molecule has 0 aromatic rings. The molecule has 0 saturated carbocycles. The minimum atomic E-state index is -3.07. The molecular weight excluding hydrogens is 319 g/mol. The second-order valence-corrected chi connectivity index (χ2v) is 49.5. The first-order valence-electron chi connectivity index (χ1n) is 8.89. The summed E-state index contributed by atoms with van der Waals surface area (Å²) in [6.07, 6.45) is 2.74. The summed E-state index contributed by atoms with van der Waals surface area (Å²) in [7, 11) is -3.07. The number of hydrogen-bond acceptors (Lipinski definition) is 1. The molecule has 1 spiro atoms. The maximum atomic E-state index is 4.14. The molecule has 0 aliphatic carbocycles. The summed E-state index contributed by atoms with van der Waals surface area (Å²) in [6.45, 7) is 7.44. The molecule has 2 heteroatoms. The molecule has 6 atom stereocenters. The van der Waals surface area contributed by atoms with Gasteiger partial charge in [-0.25, -0.2) is 0 Å². The standard InChI is InChI=1S/C12H20N.C5H5.Ru/c1-4-7-10(2)13-11(3)12-8-5-6-9-12;1-2-4-5-3-1;/h5-6,8-11,13H,4,7H2,1-3H3;1-5H;. The normalized spacial score (nSPS) is 111. The topological polar surface area (TPSA) is 12.0 Å². The van der Waals surface area contributed by atoms with E-state index in [0.717, 1.165) is 16.1 Å². The molecule has 0 amide bonds. The molecule has 0 aromatic carbocycles. The Balaban J connectivity index is 1.28. The first kappa shape index (κ1) is 8.28. The fourth-order valence-corrected chi connectivity index (χ4v) is 154. The molecule has 1 nitrogen and oxygen atoms in total. The van der Waals surface area contributed by atoms with Gasteiger partial charge in [0.2, 0.25) is 0 Å². The predicted molar refractivity (Wildman–Crippen MR) is 73.4 cm³/mol. The van der Waals surface area contributed by atoms with E-state index in [9.17, 15) is 0 Å². The van der Waals surface area contributed by atoms with Gasteiger partial charge in [0.15, 0.2) is 0 Å². The Morgan fingerprint density at radius 2 is 1.47 bits per heavy atom. The third kappa shape index (κ3) is 0.0995. The van der Waals surface area contributed by atoms with E-state index in [0.29, 0.717) is 0 Å². The Morgan fingerprint density at radius 3 is 1.79 bits per heavy atom. The molecule has 10 saturated heterocycles. The predicted octanol–water partition coefficient (Wildman–Crippen LogP) is 4.91. The number of hydrogen-bond donors (Lipinski definition) is 1. The molecule has 10 heterocycles. The van der Waals surface area contributed by atoms with Gasteiger partial charge in [-0.05, 0) is 0 Å². The Morgan fingerprint density at radius 1 is 0.947 bits per heavy atom. The molecule has 19 heavy (non-hydrogen) atoms. The molecular formula is C17H25NRu. The van der Waals surface area contributed by atoms with Crippen molar-refractivity contribution in [3.05, 3.63) is 0 Å². The molecule has 0 bridgehead atoms. The first-order valence-corrected chi connectivity index (χ1v) is 18.8. The van der Waals surface area contributed by atoms with E-state index in [2.05, 4.69) is 26.1 Å². The Hall–Kier alpha value is 0.583. The molecule has 10 aliphatic rings. The van der Waals surface area contributed by atoms with Crippen LogP contribution in [0, 0.1) is 0 Å². The Kier molecular flexibility index (Phi) is 0.326. The van der Waals surface area contributed by atoms with E-state index in [1.54, 1.807) is 0 Å². The quantitative estimate of drug-likeness (QED) is 0.699. The fraction of sp³-hybridized carbons (Fsp3) is 1.00. The molecule has 1 N–H and O–H groups in total. The van der Waals surface area contributed by atoms with Gasteiger partial charge in [0.25, 0.3) is 0 Å². The van der Waals surface area contributed by atoms with Crippen molar-refractivity contribution >= 4 is 0 Å². The monoisotopic (exact) mass is 345 g/mol. The third-order valence-corrected chi connectivity index (χ3v) is 84.1. The van der Waals surface area contributed by atoms with Crippen molar-refractivity contribution in [2.75, 3.05) is 0 Å². The van der Waals surface area contributed by atoms with Crippen LogP contribution in [0.3, 0.4) is 0 Å². The summed E-state index contributed by atoms with van der Waals surface area (Å²) < 4.78 is 14.7. The van der Waals surface area contributed by atoms with Crippen molar-refractivity contribution in [3.8, 4) is 0 Å². The summed E-state index contributed by atoms with van der Waals surface area (Å²) in [5.74, 6) is 0. The van der Waals surface area contributed by atoms with Crippen molar-refractivity contribution < 1.29 is 7.72 Å². The second kappa shape index (κ2) is 0.749. The summed E-state index contributed by atoms with van der Waals surface area (Å²) in [4.78, 5) is 0. The molecule has 0 radical (unpaired) electrons. The maximum absolute atomic E-state index is 4.14. The molecule has 10 fully saturated rings. The second-order valence-electron chi connectivity index (χ2n) is 12.3. The zero-order valence-corrected chi connectivity index (χ0v) is 13.9. The van der Waals surface area contributed by atoms with Crippen LogP contribution in [0.1, 0.15) is 33.6 Å². The van der Waals surface area contributed by atoms with Crippen molar-refractivity contribution in [2.45, 2.75) is 90.3 Å². The van der Waals surface area contributed by atoms with Crippen molar-refractivity contribution in [2.24, 2.45) is 0 Å². The van der Waals surface area contributed by atoms with Gasteiger partial charge < -0.3 is 0 Å². The minimum absolute atomic E-state index is 0.781. The van der Waals surface area contributed by atoms with E-state index >= 15 is 0 Å². The van der Waals surface area contributed by atoms with Gasteiger partial charge in [-0.2, -0.15) is 0 Å². The van der Waals surface area contributed by atoms with Crippen LogP contribution in [0.4, 0.5) is 0 Å². The van der Waals surface area contributed by atoms with Gasteiger partial charge in [-0.3, -0.25) is 0 Å². The third-order valence-electron chi connectivity index (χ3n) is 16.7. The Labute approximate surface area is 103 Å². The van der Waals surface area contributed by atoms with Gasteiger partial charge in [0.1, 0.15) is 0 Å². The zero-order chi connectivity index (χ0) is 12.3. The van der Waals surface area contributed by atoms with Crippen LogP contribution >= 0.6 is 0 Å². The van der Waals surface area contributed by atoms with Crippen molar-refractivity contribution in [3.63, 3.8) is 0 Å². The number of nitrogens with one attached hydrogen (secondary N) is 1. The van der Waals surface area contributed by atoms with Crippen LogP contribution in [-0.4, -0.2) is 12.1 Å². The number of fused-ring (bicyclic) bond motifs is 10. The summed E-state index contributed by atoms with van der Waals surface area (Å²) in [5.41, 5.74) is 0. The van der Waals surface area contributed by atoms with E-state index in [-0.39, 0.29) is 0 Å². The summed E-state index contributed by atoms with van der Waals surface area (Å²) >= 11 is 0. The van der Waals surface area contributed by atoms with Crippen molar-refractivity contribution in [1.82, 2.24) is 5.32 Å². The SMILES string of the molecule is CCCC(C)NC(C)[C]12[CH]3[CH]4[CH]5[CH]1[Ru]45321678[CH]2[CH]1[CH]6[CH]7[CH]28. The summed E-state index contributed by atoms with van der Waals surface area (Å²) in [5, 5.41) is 4.14. The molecule has 0 aromatic heterocycles. The Bertz CT molecular complexity index is 896. The van der Waals surface area contributed by atoms with E-state index < -0.39 is 7.72 Å². The average Bonchev–Trinajstić information content (AvgIpc) is 3.32. The van der Waals surface area contributed by atoms with Crippen molar-refractivity contribution in [1.29, 1.82) is 0 Å². The van der Waals surface area contributed by atoms with Gasteiger partial charge in [-0.15, -0.1) is 0 Å². The van der Waals surface area contributed by atoms with Crippen LogP contribution < -0.4 is 5.32 Å². The van der Waals surface area contributed by atoms with Crippen LogP contribution in [0.15, 0.2) is 0 Å². The average molecular weight is 344 g/mol. The summed E-state index contributed by atoms with van der Waals surface area (Å²) in [6, 6.07) is 1.72. The van der Waals surface area contributed by atoms with E-state index in [1.807, 2.05) is 0 Å². The van der Waals surface area contributed by atoms with Crippen LogP contribution in [0.2, 0.25) is 44.6 Å². The molecule has 6 unspecified atom stereocenters. The first-order chi connectivity index (χ1) is 8.92. The fourth-order valence-electron chi connectivity index (χ4n) is 18.7.